The van der Waals surface area contributed by atoms with Crippen molar-refractivity contribution in [1.29, 1.82) is 0 Å². The quantitative estimate of drug-likeness (QED) is 0.768. The Morgan fingerprint density at radius 2 is 1.85 bits per heavy atom. The Kier molecular flexibility index (Phi) is 6.10. The third kappa shape index (κ3) is 4.46. The molecule has 0 saturated heterocycles. The van der Waals surface area contributed by atoms with Crippen LogP contribution in [0.3, 0.4) is 0 Å². The van der Waals surface area contributed by atoms with E-state index in [9.17, 15) is 9.59 Å². The van der Waals surface area contributed by atoms with E-state index in [-0.39, 0.29) is 16.7 Å². The normalized spacial score (nSPS) is 10.9. The van der Waals surface area contributed by atoms with Crippen LogP contribution in [0, 0.1) is 0 Å². The zero-order valence-corrected chi connectivity index (χ0v) is 15.5. The van der Waals surface area contributed by atoms with Gasteiger partial charge in [0.05, 0.1) is 17.5 Å². The Balaban J connectivity index is 2.18. The minimum absolute atomic E-state index is 0.208. The number of carboxylic acid groups (broad SMARTS) is 1. The van der Waals surface area contributed by atoms with Crippen LogP contribution in [-0.2, 0) is 15.0 Å². The molecule has 7 heteroatoms. The number of methoxy groups -OCH3 is 1. The van der Waals surface area contributed by atoms with Gasteiger partial charge in [0, 0.05) is 11.3 Å². The summed E-state index contributed by atoms with van der Waals surface area (Å²) in [4.78, 5) is 23.4. The molecule has 26 heavy (non-hydrogen) atoms. The van der Waals surface area contributed by atoms with E-state index >= 15 is 0 Å². The Bertz CT molecular complexity index is 819. The van der Waals surface area contributed by atoms with E-state index < -0.39 is 18.0 Å². The molecule has 0 aromatic heterocycles. The number of halogens is 1. The topological polar surface area (TPSA) is 84.9 Å². The van der Waals surface area contributed by atoms with Crippen LogP contribution in [0.2, 0.25) is 5.02 Å². The molecule has 0 bridgehead atoms. The Labute approximate surface area is 156 Å². The lowest BCUT2D eigenvalue weighted by molar-refractivity contribution is -0.139. The lowest BCUT2D eigenvalue weighted by Crippen LogP contribution is -2.35. The number of carbonyl (C=O) groups excluding carboxylic acids is 1. The fourth-order valence-corrected chi connectivity index (χ4v) is 2.64. The average molecular weight is 378 g/mol. The number of carbonyl (C=O) groups is 2. The van der Waals surface area contributed by atoms with Gasteiger partial charge in [0.25, 0.3) is 0 Å². The van der Waals surface area contributed by atoms with Gasteiger partial charge in [0.1, 0.15) is 11.5 Å². The number of hydrogen-bond acceptors (Lipinski definition) is 4. The van der Waals surface area contributed by atoms with Gasteiger partial charge in [0.2, 0.25) is 5.91 Å². The van der Waals surface area contributed by atoms with Gasteiger partial charge in [-0.05, 0) is 38.1 Å². The minimum Gasteiger partial charge on any atom is -0.496 e. The van der Waals surface area contributed by atoms with Gasteiger partial charge in [0.15, 0.2) is 6.61 Å². The van der Waals surface area contributed by atoms with Crippen molar-refractivity contribution in [3.63, 3.8) is 0 Å². The highest BCUT2D eigenvalue weighted by Crippen LogP contribution is 2.33. The van der Waals surface area contributed by atoms with Crippen LogP contribution in [-0.4, -0.2) is 30.7 Å². The lowest BCUT2D eigenvalue weighted by Gasteiger charge is -2.26. The number of para-hydroxylation sites is 1. The van der Waals surface area contributed by atoms with Crippen molar-refractivity contribution < 1.29 is 24.2 Å². The van der Waals surface area contributed by atoms with Gasteiger partial charge in [-0.25, -0.2) is 4.79 Å². The molecule has 0 fully saturated rings. The average Bonchev–Trinajstić information content (AvgIpc) is 2.60. The summed E-state index contributed by atoms with van der Waals surface area (Å²) in [5.74, 6) is -0.478. The number of carboxylic acids is 1. The summed E-state index contributed by atoms with van der Waals surface area (Å²) in [6.45, 7) is 3.10. The number of benzene rings is 2. The molecule has 0 spiro atoms. The Hall–Kier alpha value is -2.73. The van der Waals surface area contributed by atoms with Crippen LogP contribution in [0.25, 0.3) is 0 Å². The molecule has 2 aromatic rings. The van der Waals surface area contributed by atoms with E-state index in [1.165, 1.54) is 12.1 Å². The van der Waals surface area contributed by atoms with Crippen LogP contribution in [0.5, 0.6) is 11.5 Å². The highest BCUT2D eigenvalue weighted by atomic mass is 35.5. The molecule has 1 amide bonds. The largest absolute Gasteiger partial charge is 0.496 e. The van der Waals surface area contributed by atoms with Crippen molar-refractivity contribution in [3.8, 4) is 11.5 Å². The minimum atomic E-state index is -1.10. The Morgan fingerprint density at radius 3 is 2.46 bits per heavy atom. The van der Waals surface area contributed by atoms with Crippen molar-refractivity contribution in [2.45, 2.75) is 19.3 Å². The number of amides is 1. The molecule has 0 atom stereocenters. The third-order valence-electron chi connectivity index (χ3n) is 3.89. The van der Waals surface area contributed by atoms with Gasteiger partial charge in [-0.15, -0.1) is 0 Å². The molecular formula is C19H20ClNO5. The first-order chi connectivity index (χ1) is 12.3. The van der Waals surface area contributed by atoms with E-state index in [4.69, 9.17) is 26.2 Å². The second-order valence-corrected chi connectivity index (χ2v) is 6.51. The molecule has 0 radical (unpaired) electrons. The molecule has 0 unspecified atom stereocenters. The van der Waals surface area contributed by atoms with Gasteiger partial charge in [-0.3, -0.25) is 4.79 Å². The number of rotatable bonds is 7. The molecule has 0 aliphatic heterocycles. The highest BCUT2D eigenvalue weighted by molar-refractivity contribution is 6.32. The molecule has 2 aromatic carbocycles. The zero-order valence-electron chi connectivity index (χ0n) is 14.7. The second-order valence-electron chi connectivity index (χ2n) is 6.11. The van der Waals surface area contributed by atoms with E-state index in [1.807, 2.05) is 18.2 Å². The van der Waals surface area contributed by atoms with Gasteiger partial charge in [-0.1, -0.05) is 29.8 Å². The van der Waals surface area contributed by atoms with E-state index in [0.717, 1.165) is 5.56 Å². The molecule has 0 saturated carbocycles. The van der Waals surface area contributed by atoms with Crippen LogP contribution in [0.1, 0.15) is 19.4 Å². The van der Waals surface area contributed by atoms with Gasteiger partial charge < -0.3 is 19.9 Å². The molecule has 0 heterocycles. The van der Waals surface area contributed by atoms with Crippen molar-refractivity contribution in [3.05, 3.63) is 53.1 Å². The van der Waals surface area contributed by atoms with Crippen molar-refractivity contribution >= 4 is 29.2 Å². The van der Waals surface area contributed by atoms with Crippen LogP contribution in [0.4, 0.5) is 5.69 Å². The third-order valence-corrected chi connectivity index (χ3v) is 4.18. The fraction of sp³-hybridized carbons (Fsp3) is 0.263. The summed E-state index contributed by atoms with van der Waals surface area (Å²) in [6.07, 6.45) is 0. The second kappa shape index (κ2) is 8.10. The molecule has 2 N–H and O–H groups in total. The number of hydrogen-bond donors (Lipinski definition) is 2. The SMILES string of the molecule is COc1ccccc1C(C)(C)C(=O)Nc1ccc(OCC(=O)O)c(Cl)c1. The monoisotopic (exact) mass is 377 g/mol. The molecule has 2 rings (SSSR count). The van der Waals surface area contributed by atoms with Crippen LogP contribution >= 0.6 is 11.6 Å². The lowest BCUT2D eigenvalue weighted by atomic mass is 9.83. The standard InChI is InChI=1S/C19H20ClNO5/c1-19(2,13-6-4-5-7-15(13)25-3)18(24)21-12-8-9-16(14(20)10-12)26-11-17(22)23/h4-10H,11H2,1-3H3,(H,21,24)(H,22,23). The van der Waals surface area contributed by atoms with Crippen molar-refractivity contribution in [2.24, 2.45) is 0 Å². The van der Waals surface area contributed by atoms with Crippen molar-refractivity contribution in [2.75, 3.05) is 19.0 Å². The molecule has 0 aliphatic rings. The van der Waals surface area contributed by atoms with E-state index in [0.29, 0.717) is 11.4 Å². The van der Waals surface area contributed by atoms with Crippen LogP contribution < -0.4 is 14.8 Å². The summed E-state index contributed by atoms with van der Waals surface area (Å²) in [5, 5.41) is 11.7. The zero-order chi connectivity index (χ0) is 19.3. The smallest absolute Gasteiger partial charge is 0.341 e. The number of ether oxygens (including phenoxy) is 2. The summed E-state index contributed by atoms with van der Waals surface area (Å²) in [7, 11) is 1.56. The van der Waals surface area contributed by atoms with Crippen molar-refractivity contribution in [1.82, 2.24) is 0 Å². The molecular weight excluding hydrogens is 358 g/mol. The first kappa shape index (κ1) is 19.6. The number of nitrogens with one attached hydrogen (secondary N) is 1. The maximum atomic E-state index is 12.8. The number of anilines is 1. The van der Waals surface area contributed by atoms with Crippen LogP contribution in [0.15, 0.2) is 42.5 Å². The summed E-state index contributed by atoms with van der Waals surface area (Å²) in [6, 6.07) is 11.9. The van der Waals surface area contributed by atoms with Gasteiger partial charge in [-0.2, -0.15) is 0 Å². The summed E-state index contributed by atoms with van der Waals surface area (Å²) < 4.78 is 10.4. The van der Waals surface area contributed by atoms with E-state index in [2.05, 4.69) is 5.32 Å². The van der Waals surface area contributed by atoms with Gasteiger partial charge >= 0.3 is 5.97 Å². The first-order valence-electron chi connectivity index (χ1n) is 7.84. The maximum Gasteiger partial charge on any atom is 0.341 e. The molecule has 6 nitrogen and oxygen atoms in total. The maximum absolute atomic E-state index is 12.8. The fourth-order valence-electron chi connectivity index (χ4n) is 2.41. The number of aliphatic carboxylic acids is 1. The first-order valence-corrected chi connectivity index (χ1v) is 8.22. The van der Waals surface area contributed by atoms with E-state index in [1.54, 1.807) is 33.1 Å². The predicted octanol–water partition coefficient (Wildman–Crippen LogP) is 3.73. The summed E-state index contributed by atoms with van der Waals surface area (Å²) in [5.41, 5.74) is 0.385. The predicted molar refractivity (Wildman–Crippen MR) is 99.2 cm³/mol. The molecule has 0 aliphatic carbocycles. The molecule has 138 valence electrons. The Morgan fingerprint density at radius 1 is 1.15 bits per heavy atom. The highest BCUT2D eigenvalue weighted by Gasteiger charge is 2.32. The summed E-state index contributed by atoms with van der Waals surface area (Å²) >= 11 is 6.09.